The van der Waals surface area contributed by atoms with Crippen LogP contribution >= 0.6 is 15.9 Å². The Morgan fingerprint density at radius 2 is 1.84 bits per heavy atom. The summed E-state index contributed by atoms with van der Waals surface area (Å²) in [5.74, 6) is 0. The van der Waals surface area contributed by atoms with Gasteiger partial charge < -0.3 is 15.1 Å². The lowest BCUT2D eigenvalue weighted by molar-refractivity contribution is 0.192. The third-order valence-corrected chi connectivity index (χ3v) is 3.84. The quantitative estimate of drug-likeness (QED) is 0.907. The van der Waals surface area contributed by atoms with E-state index in [0.29, 0.717) is 0 Å². The van der Waals surface area contributed by atoms with Crippen LogP contribution in [0.5, 0.6) is 0 Å². The third-order valence-electron chi connectivity index (χ3n) is 3.17. The van der Waals surface area contributed by atoms with Gasteiger partial charge in [0.25, 0.3) is 0 Å². The molecule has 1 aliphatic heterocycles. The van der Waals surface area contributed by atoms with Crippen molar-refractivity contribution in [3.8, 4) is 0 Å². The fourth-order valence-corrected chi connectivity index (χ4v) is 2.73. The third kappa shape index (κ3) is 3.62. The number of nitrogens with zero attached hydrogens (tertiary/aromatic N) is 2. The van der Waals surface area contributed by atoms with E-state index in [1.54, 1.807) is 0 Å². The predicted molar refractivity (Wildman–Crippen MR) is 81.6 cm³/mol. The molecule has 5 heteroatoms. The first-order valence-electron chi connectivity index (χ1n) is 6.63. The van der Waals surface area contributed by atoms with Crippen molar-refractivity contribution in [1.29, 1.82) is 0 Å². The maximum atomic E-state index is 11.9. The number of carbonyl (C=O) groups is 1. The van der Waals surface area contributed by atoms with Gasteiger partial charge in [-0.15, -0.1) is 0 Å². The Hall–Kier alpha value is -1.23. The summed E-state index contributed by atoms with van der Waals surface area (Å²) < 4.78 is 1.11. The van der Waals surface area contributed by atoms with Crippen LogP contribution in [0, 0.1) is 0 Å². The highest BCUT2D eigenvalue weighted by Gasteiger charge is 2.22. The molecule has 19 heavy (non-hydrogen) atoms. The number of amides is 2. The van der Waals surface area contributed by atoms with E-state index in [1.165, 1.54) is 5.69 Å². The monoisotopic (exact) mass is 325 g/mol. The number of halogens is 1. The molecule has 0 spiro atoms. The second-order valence-corrected chi connectivity index (χ2v) is 5.88. The van der Waals surface area contributed by atoms with Gasteiger partial charge in [0, 0.05) is 36.7 Å². The summed E-state index contributed by atoms with van der Waals surface area (Å²) in [5.41, 5.74) is 1.20. The summed E-state index contributed by atoms with van der Waals surface area (Å²) >= 11 is 3.57. The van der Waals surface area contributed by atoms with Crippen molar-refractivity contribution < 1.29 is 4.79 Å². The Bertz CT molecular complexity index is 442. The molecule has 104 valence electrons. The lowest BCUT2D eigenvalue weighted by Gasteiger charge is -2.36. The van der Waals surface area contributed by atoms with Crippen LogP contribution in [-0.2, 0) is 0 Å². The predicted octanol–water partition coefficient (Wildman–Crippen LogP) is 2.69. The molecule has 2 rings (SSSR count). The molecule has 0 unspecified atom stereocenters. The molecule has 1 fully saturated rings. The highest BCUT2D eigenvalue weighted by Crippen LogP contribution is 2.26. The van der Waals surface area contributed by atoms with Crippen molar-refractivity contribution in [2.24, 2.45) is 0 Å². The van der Waals surface area contributed by atoms with Crippen LogP contribution in [0.25, 0.3) is 0 Å². The minimum Gasteiger partial charge on any atom is -0.367 e. The van der Waals surface area contributed by atoms with Gasteiger partial charge in [0.15, 0.2) is 0 Å². The van der Waals surface area contributed by atoms with Crippen LogP contribution < -0.4 is 10.2 Å². The number of nitrogens with one attached hydrogen (secondary N) is 1. The molecule has 1 aliphatic rings. The van der Waals surface area contributed by atoms with Crippen LogP contribution in [0.3, 0.4) is 0 Å². The number of hydrogen-bond donors (Lipinski definition) is 1. The van der Waals surface area contributed by atoms with E-state index in [2.05, 4.69) is 32.2 Å². The molecule has 1 saturated heterocycles. The van der Waals surface area contributed by atoms with Gasteiger partial charge >= 0.3 is 6.03 Å². The molecule has 4 nitrogen and oxygen atoms in total. The zero-order valence-corrected chi connectivity index (χ0v) is 13.0. The van der Waals surface area contributed by atoms with Gasteiger partial charge in [0.1, 0.15) is 0 Å². The number of hydrogen-bond acceptors (Lipinski definition) is 2. The van der Waals surface area contributed by atoms with E-state index in [0.717, 1.165) is 30.7 Å². The lowest BCUT2D eigenvalue weighted by Crippen LogP contribution is -2.53. The number of para-hydroxylation sites is 1. The molecule has 1 aromatic carbocycles. The van der Waals surface area contributed by atoms with Gasteiger partial charge in [0.2, 0.25) is 0 Å². The number of benzene rings is 1. The van der Waals surface area contributed by atoms with Crippen LogP contribution in [0.4, 0.5) is 10.5 Å². The van der Waals surface area contributed by atoms with Crippen LogP contribution in [0.2, 0.25) is 0 Å². The van der Waals surface area contributed by atoms with Crippen LogP contribution in [0.1, 0.15) is 13.8 Å². The summed E-state index contributed by atoms with van der Waals surface area (Å²) in [6.45, 7) is 7.23. The van der Waals surface area contributed by atoms with E-state index in [1.807, 2.05) is 36.9 Å². The summed E-state index contributed by atoms with van der Waals surface area (Å²) in [4.78, 5) is 16.1. The van der Waals surface area contributed by atoms with Crippen LogP contribution in [0.15, 0.2) is 28.7 Å². The molecule has 1 N–H and O–H groups in total. The summed E-state index contributed by atoms with van der Waals surface area (Å²) in [6, 6.07) is 8.44. The summed E-state index contributed by atoms with van der Waals surface area (Å²) in [6.07, 6.45) is 0. The number of anilines is 1. The topological polar surface area (TPSA) is 35.6 Å². The highest BCUT2D eigenvalue weighted by atomic mass is 79.9. The van der Waals surface area contributed by atoms with Gasteiger partial charge in [-0.25, -0.2) is 4.79 Å². The number of rotatable bonds is 2. The average Bonchev–Trinajstić information content (AvgIpc) is 2.39. The minimum atomic E-state index is 0.0433. The number of piperazine rings is 1. The molecule has 0 aliphatic carbocycles. The van der Waals surface area contributed by atoms with Gasteiger partial charge in [-0.2, -0.15) is 0 Å². The van der Waals surface area contributed by atoms with E-state index < -0.39 is 0 Å². The fourth-order valence-electron chi connectivity index (χ4n) is 2.20. The van der Waals surface area contributed by atoms with Crippen molar-refractivity contribution in [1.82, 2.24) is 10.2 Å². The standard InChI is InChI=1S/C14H20BrN3O/c1-11(2)16-14(19)18-9-7-17(8-10-18)13-6-4-3-5-12(13)15/h3-6,11H,7-10H2,1-2H3,(H,16,19). The van der Waals surface area contributed by atoms with Crippen molar-refractivity contribution >= 4 is 27.6 Å². The molecule has 1 aromatic rings. The second kappa shape index (κ2) is 6.28. The second-order valence-electron chi connectivity index (χ2n) is 5.03. The summed E-state index contributed by atoms with van der Waals surface area (Å²) in [5, 5.41) is 2.94. The van der Waals surface area contributed by atoms with Crippen molar-refractivity contribution in [3.05, 3.63) is 28.7 Å². The normalized spacial score (nSPS) is 15.8. The van der Waals surface area contributed by atoms with Gasteiger partial charge in [0.05, 0.1) is 5.69 Å². The molecule has 0 saturated carbocycles. The van der Waals surface area contributed by atoms with Gasteiger partial charge in [-0.3, -0.25) is 0 Å². The molecule has 0 atom stereocenters. The highest BCUT2D eigenvalue weighted by molar-refractivity contribution is 9.10. The van der Waals surface area contributed by atoms with E-state index >= 15 is 0 Å². The minimum absolute atomic E-state index is 0.0433. The van der Waals surface area contributed by atoms with Crippen molar-refractivity contribution in [2.45, 2.75) is 19.9 Å². The molecule has 0 aromatic heterocycles. The van der Waals surface area contributed by atoms with Crippen LogP contribution in [-0.4, -0.2) is 43.2 Å². The molecular formula is C14H20BrN3O. The Labute approximate surface area is 122 Å². The fraction of sp³-hybridized carbons (Fsp3) is 0.500. The molecule has 2 amide bonds. The first-order valence-corrected chi connectivity index (χ1v) is 7.42. The maximum Gasteiger partial charge on any atom is 0.317 e. The van der Waals surface area contributed by atoms with Gasteiger partial charge in [-0.1, -0.05) is 12.1 Å². The smallest absolute Gasteiger partial charge is 0.317 e. The Kier molecular flexibility index (Phi) is 4.69. The lowest BCUT2D eigenvalue weighted by atomic mass is 10.2. The largest absolute Gasteiger partial charge is 0.367 e. The number of carbonyl (C=O) groups excluding carboxylic acids is 1. The maximum absolute atomic E-state index is 11.9. The Morgan fingerprint density at radius 1 is 1.21 bits per heavy atom. The average molecular weight is 326 g/mol. The van der Waals surface area contributed by atoms with E-state index in [4.69, 9.17) is 0 Å². The molecular weight excluding hydrogens is 306 g/mol. The Morgan fingerprint density at radius 3 is 2.42 bits per heavy atom. The van der Waals surface area contributed by atoms with E-state index in [9.17, 15) is 4.79 Å². The van der Waals surface area contributed by atoms with E-state index in [-0.39, 0.29) is 12.1 Å². The SMILES string of the molecule is CC(C)NC(=O)N1CCN(c2ccccc2Br)CC1. The Balaban J connectivity index is 1.93. The van der Waals surface area contributed by atoms with Crippen molar-refractivity contribution in [3.63, 3.8) is 0 Å². The zero-order chi connectivity index (χ0) is 13.8. The zero-order valence-electron chi connectivity index (χ0n) is 11.4. The van der Waals surface area contributed by atoms with Crippen molar-refractivity contribution in [2.75, 3.05) is 31.1 Å². The summed E-state index contributed by atoms with van der Waals surface area (Å²) in [7, 11) is 0. The molecule has 0 radical (unpaired) electrons. The number of urea groups is 1. The first kappa shape index (κ1) is 14.2. The van der Waals surface area contributed by atoms with Gasteiger partial charge in [-0.05, 0) is 41.9 Å². The first-order chi connectivity index (χ1) is 9.08. The molecule has 0 bridgehead atoms. The molecule has 1 heterocycles.